The maximum atomic E-state index is 13.5. The Labute approximate surface area is 168 Å². The first-order chi connectivity index (χ1) is 13.4. The number of rotatable bonds is 8. The molecule has 0 radical (unpaired) electrons. The third-order valence-electron chi connectivity index (χ3n) is 4.57. The van der Waals surface area contributed by atoms with Gasteiger partial charge < -0.3 is 9.64 Å². The van der Waals surface area contributed by atoms with Gasteiger partial charge in [-0.15, -0.1) is 11.3 Å². The van der Waals surface area contributed by atoms with Gasteiger partial charge in [0.15, 0.2) is 11.6 Å². The Kier molecular flexibility index (Phi) is 6.69. The second kappa shape index (κ2) is 9.02. The number of carbonyl (C=O) groups excluding carboxylic acids is 1. The molecule has 28 heavy (non-hydrogen) atoms. The number of thiophene rings is 1. The smallest absolute Gasteiger partial charge is 0.252 e. The van der Waals surface area contributed by atoms with E-state index in [-0.39, 0.29) is 28.9 Å². The summed E-state index contributed by atoms with van der Waals surface area (Å²) in [5, 5.41) is 0. The van der Waals surface area contributed by atoms with Crippen LogP contribution in [0.2, 0.25) is 0 Å². The van der Waals surface area contributed by atoms with Gasteiger partial charge in [-0.3, -0.25) is 4.79 Å². The lowest BCUT2D eigenvalue weighted by Gasteiger charge is -2.17. The van der Waals surface area contributed by atoms with E-state index >= 15 is 0 Å². The fourth-order valence-electron chi connectivity index (χ4n) is 2.91. The van der Waals surface area contributed by atoms with Crippen LogP contribution in [0, 0.1) is 5.82 Å². The van der Waals surface area contributed by atoms with Crippen LogP contribution in [-0.4, -0.2) is 56.8 Å². The number of carbonyl (C=O) groups is 1. The second-order valence-electron chi connectivity index (χ2n) is 6.60. The number of halogens is 1. The van der Waals surface area contributed by atoms with E-state index in [4.69, 9.17) is 4.74 Å². The van der Waals surface area contributed by atoms with E-state index in [0.29, 0.717) is 24.5 Å². The molecular formula is C19H23FN2O4S2. The van der Waals surface area contributed by atoms with Gasteiger partial charge in [-0.25, -0.2) is 12.8 Å². The lowest BCUT2D eigenvalue weighted by atomic mass is 10.3. The number of amides is 1. The predicted octanol–water partition coefficient (Wildman–Crippen LogP) is 2.75. The van der Waals surface area contributed by atoms with Gasteiger partial charge in [0.2, 0.25) is 5.91 Å². The molecule has 6 nitrogen and oxygen atoms in total. The van der Waals surface area contributed by atoms with Crippen LogP contribution in [0.3, 0.4) is 0 Å². The number of likely N-dealkylation sites (N-methyl/N-ethyl adjacent to an activating group) is 1. The summed E-state index contributed by atoms with van der Waals surface area (Å²) >= 11 is 1.14. The van der Waals surface area contributed by atoms with Crippen molar-refractivity contribution in [3.05, 3.63) is 47.1 Å². The minimum atomic E-state index is -3.45. The highest BCUT2D eigenvalue weighted by molar-refractivity contribution is 7.91. The fourth-order valence-corrected chi connectivity index (χ4v) is 5.93. The zero-order valence-corrected chi connectivity index (χ0v) is 17.3. The van der Waals surface area contributed by atoms with E-state index in [1.165, 1.54) is 21.3 Å². The summed E-state index contributed by atoms with van der Waals surface area (Å²) in [7, 11) is -1.81. The van der Waals surface area contributed by atoms with Gasteiger partial charge in [-0.2, -0.15) is 4.31 Å². The predicted molar refractivity (Wildman–Crippen MR) is 106 cm³/mol. The van der Waals surface area contributed by atoms with E-state index < -0.39 is 15.8 Å². The average molecular weight is 427 g/mol. The van der Waals surface area contributed by atoms with Crippen LogP contribution in [0.25, 0.3) is 0 Å². The van der Waals surface area contributed by atoms with Gasteiger partial charge in [0.1, 0.15) is 10.8 Å². The van der Waals surface area contributed by atoms with Gasteiger partial charge in [0.25, 0.3) is 10.0 Å². The number of benzene rings is 1. The van der Waals surface area contributed by atoms with Crippen molar-refractivity contribution in [1.82, 2.24) is 9.21 Å². The molecule has 1 saturated heterocycles. The number of para-hydroxylation sites is 1. The molecule has 2 aromatic rings. The lowest BCUT2D eigenvalue weighted by Crippen LogP contribution is -2.32. The van der Waals surface area contributed by atoms with E-state index in [0.717, 1.165) is 24.2 Å². The molecule has 0 bridgehead atoms. The minimum Gasteiger partial charge on any atom is -0.489 e. The lowest BCUT2D eigenvalue weighted by molar-refractivity contribution is -0.129. The van der Waals surface area contributed by atoms with Crippen LogP contribution in [0.15, 0.2) is 40.6 Å². The highest BCUT2D eigenvalue weighted by Crippen LogP contribution is 2.27. The van der Waals surface area contributed by atoms with Crippen molar-refractivity contribution < 1.29 is 22.3 Å². The van der Waals surface area contributed by atoms with Gasteiger partial charge in [-0.1, -0.05) is 12.1 Å². The molecule has 2 heterocycles. The molecule has 1 aromatic heterocycles. The van der Waals surface area contributed by atoms with Crippen LogP contribution in [-0.2, 0) is 21.2 Å². The summed E-state index contributed by atoms with van der Waals surface area (Å²) in [4.78, 5) is 14.6. The van der Waals surface area contributed by atoms with Crippen molar-refractivity contribution in [2.75, 3.05) is 33.3 Å². The highest BCUT2D eigenvalue weighted by atomic mass is 32.2. The topological polar surface area (TPSA) is 66.9 Å². The number of nitrogens with zero attached hydrogens (tertiary/aromatic N) is 2. The standard InChI is InChI=1S/C19H23FN2O4S2/c1-21(12-13-26-17-7-3-2-6-16(17)20)18(23)14-15-8-9-19(27-15)28(24,25)22-10-4-5-11-22/h2-3,6-9H,4-5,10-14H2,1H3. The Morgan fingerprint density at radius 2 is 1.93 bits per heavy atom. The fraction of sp³-hybridized carbons (Fsp3) is 0.421. The highest BCUT2D eigenvalue weighted by Gasteiger charge is 2.28. The summed E-state index contributed by atoms with van der Waals surface area (Å²) in [5.41, 5.74) is 0. The number of hydrogen-bond acceptors (Lipinski definition) is 5. The number of ether oxygens (including phenoxy) is 1. The molecule has 0 N–H and O–H groups in total. The minimum absolute atomic E-state index is 0.121. The Hall–Kier alpha value is -1.97. The summed E-state index contributed by atoms with van der Waals surface area (Å²) < 4.78 is 45.8. The number of sulfonamides is 1. The number of hydrogen-bond donors (Lipinski definition) is 0. The Morgan fingerprint density at radius 1 is 1.21 bits per heavy atom. The quantitative estimate of drug-likeness (QED) is 0.651. The monoisotopic (exact) mass is 426 g/mol. The zero-order chi connectivity index (χ0) is 20.1. The molecule has 1 aromatic carbocycles. The molecule has 0 atom stereocenters. The molecule has 0 spiro atoms. The molecule has 1 fully saturated rings. The molecular weight excluding hydrogens is 403 g/mol. The SMILES string of the molecule is CN(CCOc1ccccc1F)C(=O)Cc1ccc(S(=O)(=O)N2CCCC2)s1. The van der Waals surface area contributed by atoms with Crippen LogP contribution in [0.4, 0.5) is 4.39 Å². The first kappa shape index (κ1) is 20.8. The molecule has 1 aliphatic rings. The summed E-state index contributed by atoms with van der Waals surface area (Å²) in [5.74, 6) is -0.440. The molecule has 0 saturated carbocycles. The summed E-state index contributed by atoms with van der Waals surface area (Å²) in [6.07, 6.45) is 1.89. The summed E-state index contributed by atoms with van der Waals surface area (Å²) in [6, 6.07) is 9.37. The normalized spacial score (nSPS) is 14.9. The Balaban J connectivity index is 1.51. The van der Waals surface area contributed by atoms with Crippen molar-refractivity contribution in [3.63, 3.8) is 0 Å². The van der Waals surface area contributed by atoms with E-state index in [1.54, 1.807) is 31.3 Å². The molecule has 1 amide bonds. The third-order valence-corrected chi connectivity index (χ3v) is 8.02. The first-order valence-corrected chi connectivity index (χ1v) is 11.3. The van der Waals surface area contributed by atoms with E-state index in [9.17, 15) is 17.6 Å². The molecule has 152 valence electrons. The molecule has 0 unspecified atom stereocenters. The van der Waals surface area contributed by atoms with Crippen molar-refractivity contribution >= 4 is 27.3 Å². The average Bonchev–Trinajstić information content (AvgIpc) is 3.35. The Morgan fingerprint density at radius 3 is 2.64 bits per heavy atom. The third kappa shape index (κ3) is 4.89. The first-order valence-electron chi connectivity index (χ1n) is 9.08. The van der Waals surface area contributed by atoms with Gasteiger partial charge in [0, 0.05) is 25.0 Å². The molecule has 9 heteroatoms. The maximum absolute atomic E-state index is 13.5. The molecule has 1 aliphatic heterocycles. The Bertz CT molecular complexity index is 924. The largest absolute Gasteiger partial charge is 0.489 e. The van der Waals surface area contributed by atoms with Gasteiger partial charge >= 0.3 is 0 Å². The van der Waals surface area contributed by atoms with Gasteiger partial charge in [0.05, 0.1) is 13.0 Å². The van der Waals surface area contributed by atoms with Crippen molar-refractivity contribution in [2.24, 2.45) is 0 Å². The van der Waals surface area contributed by atoms with Crippen molar-refractivity contribution in [3.8, 4) is 5.75 Å². The van der Waals surface area contributed by atoms with E-state index in [1.807, 2.05) is 0 Å². The van der Waals surface area contributed by atoms with Gasteiger partial charge in [-0.05, 0) is 37.1 Å². The maximum Gasteiger partial charge on any atom is 0.252 e. The van der Waals surface area contributed by atoms with Crippen LogP contribution < -0.4 is 4.74 Å². The van der Waals surface area contributed by atoms with Crippen LogP contribution in [0.1, 0.15) is 17.7 Å². The van der Waals surface area contributed by atoms with E-state index in [2.05, 4.69) is 0 Å². The van der Waals surface area contributed by atoms with Crippen molar-refractivity contribution in [2.45, 2.75) is 23.5 Å². The van der Waals surface area contributed by atoms with Crippen LogP contribution >= 0.6 is 11.3 Å². The summed E-state index contributed by atoms with van der Waals surface area (Å²) in [6.45, 7) is 1.58. The second-order valence-corrected chi connectivity index (χ2v) is 9.94. The van der Waals surface area contributed by atoms with Crippen molar-refractivity contribution in [1.29, 1.82) is 0 Å². The zero-order valence-electron chi connectivity index (χ0n) is 15.6. The molecule has 0 aliphatic carbocycles. The van der Waals surface area contributed by atoms with Crippen LogP contribution in [0.5, 0.6) is 5.75 Å². The molecule has 3 rings (SSSR count).